The Balaban J connectivity index is 1.99. The number of hydrogen-bond acceptors (Lipinski definition) is 2. The molecule has 1 fully saturated rings. The van der Waals surface area contributed by atoms with E-state index in [1.807, 2.05) is 11.8 Å². The second-order valence-corrected chi connectivity index (χ2v) is 6.97. The van der Waals surface area contributed by atoms with Crippen molar-refractivity contribution in [3.63, 3.8) is 0 Å². The maximum atomic E-state index is 2.40. The van der Waals surface area contributed by atoms with Gasteiger partial charge in [-0.3, -0.25) is 0 Å². The summed E-state index contributed by atoms with van der Waals surface area (Å²) in [6.07, 6.45) is 8.17. The highest BCUT2D eigenvalue weighted by molar-refractivity contribution is 8.03. The minimum absolute atomic E-state index is 0.828. The zero-order valence-corrected chi connectivity index (χ0v) is 10.7. The van der Waals surface area contributed by atoms with Gasteiger partial charge >= 0.3 is 0 Å². The molecule has 1 saturated carbocycles. The first-order chi connectivity index (χ1) is 6.22. The molecule has 0 amide bonds. The molecule has 2 heteroatoms. The van der Waals surface area contributed by atoms with Gasteiger partial charge in [0.25, 0.3) is 0 Å². The van der Waals surface area contributed by atoms with Crippen LogP contribution in [0.5, 0.6) is 0 Å². The fourth-order valence-electron chi connectivity index (χ4n) is 1.63. The molecule has 0 saturated heterocycles. The van der Waals surface area contributed by atoms with Gasteiger partial charge in [0.1, 0.15) is 0 Å². The Bertz CT molecular complexity index is 132. The van der Waals surface area contributed by atoms with Gasteiger partial charge in [-0.2, -0.15) is 23.5 Å². The molecule has 0 heterocycles. The summed E-state index contributed by atoms with van der Waals surface area (Å²) in [7, 11) is 0. The molecule has 0 nitrogen and oxygen atoms in total. The highest BCUT2D eigenvalue weighted by atomic mass is 32.2. The van der Waals surface area contributed by atoms with Crippen LogP contribution in [0.3, 0.4) is 0 Å². The van der Waals surface area contributed by atoms with Crippen molar-refractivity contribution < 1.29 is 0 Å². The van der Waals surface area contributed by atoms with Crippen molar-refractivity contribution >= 4 is 23.5 Å². The van der Waals surface area contributed by atoms with Gasteiger partial charge in [-0.25, -0.2) is 0 Å². The number of thioether (sulfide) groups is 2. The molecule has 0 N–H and O–H groups in total. The van der Waals surface area contributed by atoms with Crippen molar-refractivity contribution in [2.75, 3.05) is 12.0 Å². The molecule has 0 spiro atoms. The second kappa shape index (κ2) is 6.23. The van der Waals surface area contributed by atoms with Gasteiger partial charge in [0.2, 0.25) is 0 Å². The zero-order valence-electron chi connectivity index (χ0n) is 9.08. The van der Waals surface area contributed by atoms with Crippen LogP contribution >= 0.6 is 23.5 Å². The van der Waals surface area contributed by atoms with E-state index in [2.05, 4.69) is 31.9 Å². The first-order valence-electron chi connectivity index (χ1n) is 5.36. The van der Waals surface area contributed by atoms with Gasteiger partial charge in [-0.1, -0.05) is 33.1 Å². The van der Waals surface area contributed by atoms with E-state index in [1.165, 1.54) is 31.4 Å². The molecular formula is C11H22S2. The van der Waals surface area contributed by atoms with E-state index in [0.717, 1.165) is 16.4 Å². The maximum absolute atomic E-state index is 2.40. The average Bonchev–Trinajstić information content (AvgIpc) is 2.07. The quantitative estimate of drug-likeness (QED) is 0.659. The third kappa shape index (κ3) is 4.64. The van der Waals surface area contributed by atoms with Crippen LogP contribution in [0.4, 0.5) is 0 Å². The van der Waals surface area contributed by atoms with Crippen molar-refractivity contribution in [1.82, 2.24) is 0 Å². The molecule has 0 radical (unpaired) electrons. The van der Waals surface area contributed by atoms with Gasteiger partial charge in [0.15, 0.2) is 0 Å². The summed E-state index contributed by atoms with van der Waals surface area (Å²) in [5.74, 6) is 2.40. The van der Waals surface area contributed by atoms with Gasteiger partial charge in [0.05, 0.1) is 0 Å². The van der Waals surface area contributed by atoms with Crippen molar-refractivity contribution in [3.8, 4) is 0 Å². The van der Waals surface area contributed by atoms with Crippen LogP contribution in [0.1, 0.15) is 39.5 Å². The molecule has 2 atom stereocenters. The fourth-order valence-corrected chi connectivity index (χ4v) is 3.42. The molecule has 78 valence electrons. The smallest absolute Gasteiger partial charge is 0.0107 e. The lowest BCUT2D eigenvalue weighted by atomic mass is 9.82. The van der Waals surface area contributed by atoms with Gasteiger partial charge < -0.3 is 0 Å². The van der Waals surface area contributed by atoms with E-state index in [-0.39, 0.29) is 0 Å². The summed E-state index contributed by atoms with van der Waals surface area (Å²) in [5.41, 5.74) is 0. The summed E-state index contributed by atoms with van der Waals surface area (Å²) in [4.78, 5) is 0. The summed E-state index contributed by atoms with van der Waals surface area (Å²) in [5, 5.41) is 1.72. The van der Waals surface area contributed by atoms with Crippen LogP contribution in [-0.4, -0.2) is 22.5 Å². The largest absolute Gasteiger partial charge is 0.161 e. The Morgan fingerprint density at radius 1 is 1.23 bits per heavy atom. The lowest BCUT2D eigenvalue weighted by Gasteiger charge is -2.28. The van der Waals surface area contributed by atoms with Crippen molar-refractivity contribution in [2.45, 2.75) is 50.0 Å². The first-order valence-corrected chi connectivity index (χ1v) is 7.70. The molecule has 0 aromatic carbocycles. The lowest BCUT2D eigenvalue weighted by Crippen LogP contribution is -2.16. The van der Waals surface area contributed by atoms with E-state index >= 15 is 0 Å². The summed E-state index contributed by atoms with van der Waals surface area (Å²) in [6.45, 7) is 4.73. The lowest BCUT2D eigenvalue weighted by molar-refractivity contribution is 0.297. The standard InChI is InChI=1S/C11H22S2/c1-9(7-11-5-4-6-11)13-8-10(2)12-3/h9-11H,4-8H2,1-3H3. The predicted octanol–water partition coefficient (Wildman–Crippen LogP) is 4.05. The van der Waals surface area contributed by atoms with Crippen LogP contribution in [0.2, 0.25) is 0 Å². The third-order valence-electron chi connectivity index (χ3n) is 2.91. The number of hydrogen-bond donors (Lipinski definition) is 0. The highest BCUT2D eigenvalue weighted by Gasteiger charge is 2.20. The third-order valence-corrected chi connectivity index (χ3v) is 5.54. The SMILES string of the molecule is CSC(C)CSC(C)CC1CCC1. The Kier molecular flexibility index (Phi) is 5.65. The molecule has 0 bridgehead atoms. The average molecular weight is 218 g/mol. The van der Waals surface area contributed by atoms with Crippen molar-refractivity contribution in [1.29, 1.82) is 0 Å². The molecule has 1 aliphatic carbocycles. The second-order valence-electron chi connectivity index (χ2n) is 4.22. The summed E-state index contributed by atoms with van der Waals surface area (Å²) in [6, 6.07) is 0. The topological polar surface area (TPSA) is 0 Å². The van der Waals surface area contributed by atoms with E-state index < -0.39 is 0 Å². The van der Waals surface area contributed by atoms with Crippen molar-refractivity contribution in [3.05, 3.63) is 0 Å². The van der Waals surface area contributed by atoms with E-state index in [4.69, 9.17) is 0 Å². The monoisotopic (exact) mass is 218 g/mol. The minimum Gasteiger partial charge on any atom is -0.161 e. The Labute approximate surface area is 91.6 Å². The van der Waals surface area contributed by atoms with E-state index in [9.17, 15) is 0 Å². The fraction of sp³-hybridized carbons (Fsp3) is 1.00. The van der Waals surface area contributed by atoms with Crippen LogP contribution in [-0.2, 0) is 0 Å². The van der Waals surface area contributed by atoms with E-state index in [1.54, 1.807) is 0 Å². The molecular weight excluding hydrogens is 196 g/mol. The Morgan fingerprint density at radius 3 is 2.38 bits per heavy atom. The molecule has 0 aromatic heterocycles. The number of rotatable bonds is 6. The molecule has 1 aliphatic rings. The predicted molar refractivity (Wildman–Crippen MR) is 66.9 cm³/mol. The summed E-state index contributed by atoms with van der Waals surface area (Å²) >= 11 is 4.15. The van der Waals surface area contributed by atoms with Crippen LogP contribution in [0.15, 0.2) is 0 Å². The molecule has 13 heavy (non-hydrogen) atoms. The first kappa shape index (κ1) is 11.8. The highest BCUT2D eigenvalue weighted by Crippen LogP contribution is 2.33. The van der Waals surface area contributed by atoms with Crippen LogP contribution in [0.25, 0.3) is 0 Å². The van der Waals surface area contributed by atoms with E-state index in [0.29, 0.717) is 0 Å². The molecule has 2 unspecified atom stereocenters. The van der Waals surface area contributed by atoms with Gasteiger partial charge in [-0.05, 0) is 18.6 Å². The van der Waals surface area contributed by atoms with Crippen LogP contribution < -0.4 is 0 Å². The summed E-state index contributed by atoms with van der Waals surface area (Å²) < 4.78 is 0. The minimum atomic E-state index is 0.828. The van der Waals surface area contributed by atoms with Gasteiger partial charge in [0, 0.05) is 16.3 Å². The molecule has 0 aliphatic heterocycles. The van der Waals surface area contributed by atoms with Gasteiger partial charge in [-0.15, -0.1) is 0 Å². The maximum Gasteiger partial charge on any atom is 0.0107 e. The normalized spacial score (nSPS) is 22.4. The Hall–Kier alpha value is 0.700. The molecule has 0 aromatic rings. The van der Waals surface area contributed by atoms with Crippen molar-refractivity contribution in [2.24, 2.45) is 5.92 Å². The molecule has 1 rings (SSSR count). The Morgan fingerprint density at radius 2 is 1.92 bits per heavy atom. The zero-order chi connectivity index (χ0) is 9.68. The van der Waals surface area contributed by atoms with Crippen LogP contribution in [0, 0.1) is 5.92 Å².